The van der Waals surface area contributed by atoms with E-state index in [4.69, 9.17) is 5.84 Å². The van der Waals surface area contributed by atoms with E-state index >= 15 is 0 Å². The van der Waals surface area contributed by atoms with Crippen LogP contribution in [0.25, 0.3) is 0 Å². The third-order valence-corrected chi connectivity index (χ3v) is 1.76. The van der Waals surface area contributed by atoms with Gasteiger partial charge in [-0.1, -0.05) is 17.7 Å². The average molecular weight is 178 g/mol. The van der Waals surface area contributed by atoms with E-state index in [2.05, 4.69) is 0 Å². The number of carbonyl (C=O) groups excluding carboxylic acids is 1. The quantitative estimate of drug-likeness (QED) is 0.560. The van der Waals surface area contributed by atoms with Crippen molar-refractivity contribution in [1.82, 2.24) is 0 Å². The highest BCUT2D eigenvalue weighted by molar-refractivity contribution is 5.80. The van der Waals surface area contributed by atoms with Crippen molar-refractivity contribution in [3.63, 3.8) is 0 Å². The Bertz CT molecular complexity index is 292. The van der Waals surface area contributed by atoms with Crippen LogP contribution in [0.3, 0.4) is 0 Å². The van der Waals surface area contributed by atoms with Crippen LogP contribution in [0.1, 0.15) is 12.5 Å². The van der Waals surface area contributed by atoms with E-state index < -0.39 is 0 Å². The number of rotatable bonds is 3. The van der Waals surface area contributed by atoms with Crippen LogP contribution in [0.15, 0.2) is 24.3 Å². The summed E-state index contributed by atoms with van der Waals surface area (Å²) < 4.78 is 0. The molecule has 1 rings (SSSR count). The Morgan fingerprint density at radius 2 is 1.92 bits per heavy atom. The molecule has 0 bridgehead atoms. The Balaban J connectivity index is 2.71. The van der Waals surface area contributed by atoms with Crippen LogP contribution in [0.2, 0.25) is 0 Å². The van der Waals surface area contributed by atoms with Crippen molar-refractivity contribution in [2.75, 3.05) is 11.6 Å². The van der Waals surface area contributed by atoms with Gasteiger partial charge in [0.1, 0.15) is 0 Å². The predicted molar refractivity (Wildman–Crippen MR) is 53.4 cm³/mol. The zero-order valence-electron chi connectivity index (χ0n) is 7.95. The van der Waals surface area contributed by atoms with Gasteiger partial charge in [-0.25, -0.2) is 5.84 Å². The van der Waals surface area contributed by atoms with Crippen molar-refractivity contribution in [3.8, 4) is 0 Å². The molecule has 1 aromatic rings. The van der Waals surface area contributed by atoms with E-state index in [1.54, 1.807) is 0 Å². The molecule has 0 atom stereocenters. The van der Waals surface area contributed by atoms with E-state index in [1.165, 1.54) is 17.5 Å². The first-order chi connectivity index (χ1) is 6.09. The molecule has 0 spiro atoms. The molecule has 0 aliphatic carbocycles. The lowest BCUT2D eigenvalue weighted by Gasteiger charge is -2.16. The molecule has 2 N–H and O–H groups in total. The van der Waals surface area contributed by atoms with Crippen LogP contribution in [-0.2, 0) is 4.79 Å². The third kappa shape index (κ3) is 2.87. The van der Waals surface area contributed by atoms with Gasteiger partial charge in [0.25, 0.3) is 0 Å². The largest absolute Gasteiger partial charge is 0.304 e. The molecule has 0 aliphatic rings. The number of hydrogen-bond acceptors (Lipinski definition) is 3. The highest BCUT2D eigenvalue weighted by atomic mass is 16.1. The molecule has 0 aliphatic heterocycles. The van der Waals surface area contributed by atoms with Crippen molar-refractivity contribution in [2.24, 2.45) is 5.84 Å². The van der Waals surface area contributed by atoms with E-state index in [1.807, 2.05) is 31.2 Å². The molecule has 0 aromatic heterocycles. The summed E-state index contributed by atoms with van der Waals surface area (Å²) in [6, 6.07) is 7.74. The molecule has 0 radical (unpaired) electrons. The van der Waals surface area contributed by atoms with E-state index in [-0.39, 0.29) is 12.3 Å². The normalized spacial score (nSPS) is 9.77. The molecule has 0 amide bonds. The Hall–Kier alpha value is -1.35. The van der Waals surface area contributed by atoms with Gasteiger partial charge in [0.05, 0.1) is 12.2 Å². The van der Waals surface area contributed by atoms with Crippen LogP contribution in [0.5, 0.6) is 0 Å². The summed E-state index contributed by atoms with van der Waals surface area (Å²) in [7, 11) is 0. The summed E-state index contributed by atoms with van der Waals surface area (Å²) in [5, 5.41) is 1.45. The lowest BCUT2D eigenvalue weighted by molar-refractivity contribution is -0.115. The zero-order chi connectivity index (χ0) is 9.84. The lowest BCUT2D eigenvalue weighted by atomic mass is 10.2. The zero-order valence-corrected chi connectivity index (χ0v) is 7.95. The molecule has 3 nitrogen and oxygen atoms in total. The molecule has 70 valence electrons. The van der Waals surface area contributed by atoms with Crippen molar-refractivity contribution in [1.29, 1.82) is 0 Å². The van der Waals surface area contributed by atoms with Gasteiger partial charge in [-0.15, -0.1) is 0 Å². The van der Waals surface area contributed by atoms with Gasteiger partial charge < -0.3 is 5.01 Å². The predicted octanol–water partition coefficient (Wildman–Crippen LogP) is 1.26. The Labute approximate surface area is 78.1 Å². The van der Waals surface area contributed by atoms with Crippen molar-refractivity contribution in [2.45, 2.75) is 13.8 Å². The number of anilines is 1. The molecular weight excluding hydrogens is 164 g/mol. The first-order valence-corrected chi connectivity index (χ1v) is 4.18. The van der Waals surface area contributed by atoms with Gasteiger partial charge in [0.15, 0.2) is 5.78 Å². The van der Waals surface area contributed by atoms with Crippen molar-refractivity contribution >= 4 is 11.5 Å². The molecule has 0 saturated heterocycles. The second-order valence-electron chi connectivity index (χ2n) is 3.17. The fourth-order valence-electron chi connectivity index (χ4n) is 1.07. The van der Waals surface area contributed by atoms with Crippen LogP contribution in [0, 0.1) is 6.92 Å². The first kappa shape index (κ1) is 9.74. The molecule has 1 aromatic carbocycles. The summed E-state index contributed by atoms with van der Waals surface area (Å²) >= 11 is 0. The van der Waals surface area contributed by atoms with E-state index in [9.17, 15) is 4.79 Å². The first-order valence-electron chi connectivity index (χ1n) is 4.18. The van der Waals surface area contributed by atoms with Crippen LogP contribution in [-0.4, -0.2) is 12.3 Å². The Morgan fingerprint density at radius 3 is 2.38 bits per heavy atom. The van der Waals surface area contributed by atoms with E-state index in [0.29, 0.717) is 0 Å². The molecule has 13 heavy (non-hydrogen) atoms. The number of ketones is 1. The van der Waals surface area contributed by atoms with Crippen LogP contribution < -0.4 is 10.9 Å². The van der Waals surface area contributed by atoms with Gasteiger partial charge in [-0.2, -0.15) is 0 Å². The number of hydrazine groups is 1. The average Bonchev–Trinajstić information content (AvgIpc) is 2.04. The Morgan fingerprint density at radius 1 is 1.38 bits per heavy atom. The maximum absolute atomic E-state index is 10.8. The number of aryl methyl sites for hydroxylation is 1. The molecule has 0 unspecified atom stereocenters. The fraction of sp³-hybridized carbons (Fsp3) is 0.300. The summed E-state index contributed by atoms with van der Waals surface area (Å²) in [5.74, 6) is 5.72. The maximum Gasteiger partial charge on any atom is 0.150 e. The highest BCUT2D eigenvalue weighted by Crippen LogP contribution is 2.11. The molecule has 3 heteroatoms. The smallest absolute Gasteiger partial charge is 0.150 e. The van der Waals surface area contributed by atoms with Gasteiger partial charge in [-0.3, -0.25) is 4.79 Å². The molecule has 0 heterocycles. The van der Waals surface area contributed by atoms with Crippen molar-refractivity contribution < 1.29 is 4.79 Å². The second kappa shape index (κ2) is 4.05. The number of nitrogens with two attached hydrogens (primary N) is 1. The molecular formula is C10H14N2O. The van der Waals surface area contributed by atoms with Gasteiger partial charge in [-0.05, 0) is 26.0 Å². The van der Waals surface area contributed by atoms with E-state index in [0.717, 1.165) is 5.69 Å². The fourth-order valence-corrected chi connectivity index (χ4v) is 1.07. The summed E-state index contributed by atoms with van der Waals surface area (Å²) in [6.45, 7) is 3.78. The van der Waals surface area contributed by atoms with Crippen LogP contribution in [0.4, 0.5) is 5.69 Å². The monoisotopic (exact) mass is 178 g/mol. The van der Waals surface area contributed by atoms with Crippen LogP contribution >= 0.6 is 0 Å². The summed E-state index contributed by atoms with van der Waals surface area (Å²) in [4.78, 5) is 10.8. The Kier molecular flexibility index (Phi) is 3.03. The van der Waals surface area contributed by atoms with Gasteiger partial charge >= 0.3 is 0 Å². The molecule has 0 fully saturated rings. The van der Waals surface area contributed by atoms with Gasteiger partial charge in [0, 0.05) is 0 Å². The second-order valence-corrected chi connectivity index (χ2v) is 3.17. The van der Waals surface area contributed by atoms with Gasteiger partial charge in [0.2, 0.25) is 0 Å². The number of Topliss-reactive ketones (excluding diaryl/α,β-unsaturated/α-hetero) is 1. The highest BCUT2D eigenvalue weighted by Gasteiger charge is 2.02. The number of benzene rings is 1. The minimum absolute atomic E-state index is 0.0584. The molecule has 0 saturated carbocycles. The van der Waals surface area contributed by atoms with Crippen molar-refractivity contribution in [3.05, 3.63) is 29.8 Å². The standard InChI is InChI=1S/C10H14N2O/c1-8-3-5-10(6-4-8)12(11)7-9(2)13/h3-6H,7,11H2,1-2H3. The SMILES string of the molecule is CC(=O)CN(N)c1ccc(C)cc1. The number of carbonyl (C=O) groups is 1. The number of nitrogens with zero attached hydrogens (tertiary/aromatic N) is 1. The minimum atomic E-state index is 0.0584. The summed E-state index contributed by atoms with van der Waals surface area (Å²) in [6.07, 6.45) is 0. The third-order valence-electron chi connectivity index (χ3n) is 1.76. The lowest BCUT2D eigenvalue weighted by Crippen LogP contribution is -2.35. The number of hydrogen-bond donors (Lipinski definition) is 1. The minimum Gasteiger partial charge on any atom is -0.304 e. The summed E-state index contributed by atoms with van der Waals surface area (Å²) in [5.41, 5.74) is 2.04. The topological polar surface area (TPSA) is 46.3 Å². The maximum atomic E-state index is 10.8.